The number of amides is 14. The number of quaternary nitrogens is 1. The minimum absolute atomic E-state index is 0. The van der Waals surface area contributed by atoms with Crippen molar-refractivity contribution in [2.24, 2.45) is 22.9 Å². The van der Waals surface area contributed by atoms with E-state index in [0.717, 1.165) is 38.6 Å². The van der Waals surface area contributed by atoms with Crippen molar-refractivity contribution < 1.29 is 172 Å². The number of rotatable bonds is 27. The Morgan fingerprint density at radius 1 is 0.470 bits per heavy atom. The molecule has 0 radical (unpaired) electrons. The molecule has 4 aromatic rings. The first kappa shape index (κ1) is 102. The number of fused-ring (bicyclic) bond motifs is 11. The van der Waals surface area contributed by atoms with E-state index < -0.39 is 105 Å². The number of hydroxylamine groups is 10. The predicted molar refractivity (Wildman–Crippen MR) is 403 cm³/mol. The van der Waals surface area contributed by atoms with E-state index in [1.165, 1.54) is 102 Å². The summed E-state index contributed by atoms with van der Waals surface area (Å²) in [7, 11) is -10.0. The van der Waals surface area contributed by atoms with Gasteiger partial charge in [0.1, 0.15) is 48.4 Å². The van der Waals surface area contributed by atoms with E-state index in [2.05, 4.69) is 46.6 Å². The average molecular weight is 1710 g/mol. The number of carbonyl (C=O) groups is 9. The third-order valence-corrected chi connectivity index (χ3v) is 21.8. The molecule has 42 nitrogen and oxygen atoms in total. The fourth-order valence-electron chi connectivity index (χ4n) is 15.1. The van der Waals surface area contributed by atoms with Crippen molar-refractivity contribution in [1.82, 2.24) is 71.1 Å². The van der Waals surface area contributed by atoms with Crippen LogP contribution in [0.4, 0.5) is 24.0 Å². The third-order valence-electron chi connectivity index (χ3n) is 21.1. The van der Waals surface area contributed by atoms with E-state index in [4.69, 9.17) is 37.8 Å². The van der Waals surface area contributed by atoms with Crippen molar-refractivity contribution in [2.75, 3.05) is 58.9 Å². The van der Waals surface area contributed by atoms with E-state index in [1.54, 1.807) is 17.0 Å². The molecular weight excluding hydrogens is 1600 g/mol. The van der Waals surface area contributed by atoms with Gasteiger partial charge in [0.05, 0.1) is 56.4 Å². The maximum atomic E-state index is 12.2. The van der Waals surface area contributed by atoms with Crippen LogP contribution in [-0.2, 0) is 76.2 Å². The Morgan fingerprint density at radius 3 is 1.13 bits per heavy atom. The molecule has 10 bridgehead atoms. The maximum absolute atomic E-state index is 12.2. The molecule has 3 aromatic carbocycles. The van der Waals surface area contributed by atoms with Crippen LogP contribution in [0, 0.1) is 0 Å². The molecule has 0 saturated carbocycles. The molecule has 1 aromatic heterocycles. The van der Waals surface area contributed by atoms with Gasteiger partial charge in [-0.3, -0.25) is 34.1 Å². The number of benzene rings is 3. The SMILES string of the molecule is CCCC[N+](CCCC)(CCCC)CCCC.N.NC(=O)[C@@H]1CC[C@@H]2CN1C(=O)N2O.NC(=O)[C@@H]1CC[C@@H]2CN1C(=O)N2OCc1ccccc1.NC(=O)[C@@H]1CC[C@@H]2CN1C(=O)N2OS(=O)(=O)[O-].NC(=O)[C@@H]1CC[C@@H]2CN1C(=O)N2OS(=O)(=O)[O-].O=[C-][C@@H]1CC[C@@H]2CN1C(=O)N2OCc1ccccc1.On1nnc2ccccc21.[Na+].[Na+].[OH-]. The molecule has 0 aliphatic carbocycles. The molecule has 10 saturated heterocycles. The van der Waals surface area contributed by atoms with Gasteiger partial charge >= 0.3 is 89.3 Å². The van der Waals surface area contributed by atoms with Crippen molar-refractivity contribution in [1.29, 1.82) is 0 Å². The summed E-state index contributed by atoms with van der Waals surface area (Å²) in [5, 5.41) is 29.8. The third kappa shape index (κ3) is 27.4. The van der Waals surface area contributed by atoms with Crippen LogP contribution in [0.15, 0.2) is 84.9 Å². The van der Waals surface area contributed by atoms with E-state index in [1.807, 2.05) is 79.1 Å². The van der Waals surface area contributed by atoms with E-state index in [0.29, 0.717) is 110 Å². The van der Waals surface area contributed by atoms with Gasteiger partial charge in [-0.15, -0.1) is 5.10 Å². The smallest absolute Gasteiger partial charge is 0.870 e. The molecular formula is C71H108N19Na2O23S2-. The van der Waals surface area contributed by atoms with Gasteiger partial charge in [-0.1, -0.05) is 143 Å². The number of nitrogens with zero attached hydrogens (tertiary/aromatic N) is 14. The number of urea groups is 5. The predicted octanol–water partition coefficient (Wildman–Crippen LogP) is -2.57. The van der Waals surface area contributed by atoms with Gasteiger partial charge in [-0.2, -0.15) is 28.8 Å². The molecule has 640 valence electrons. The van der Waals surface area contributed by atoms with Gasteiger partial charge in [-0.25, -0.2) is 52.2 Å². The number of hydrogen-bond donors (Lipinski definition) is 7. The first-order valence-electron chi connectivity index (χ1n) is 38.0. The summed E-state index contributed by atoms with van der Waals surface area (Å²) in [6.07, 6.45) is 18.3. The fraction of sp³-hybridized carbons (Fsp3) is 0.606. The van der Waals surface area contributed by atoms with Crippen LogP contribution in [0.3, 0.4) is 0 Å². The number of piperidine rings is 5. The number of aromatic nitrogens is 3. The van der Waals surface area contributed by atoms with Crippen LogP contribution >= 0.6 is 0 Å². The summed E-state index contributed by atoms with van der Waals surface area (Å²) < 4.78 is 72.3. The summed E-state index contributed by atoms with van der Waals surface area (Å²) >= 11 is 0. The molecule has 10 fully saturated rings. The Morgan fingerprint density at radius 2 is 0.778 bits per heavy atom. The van der Waals surface area contributed by atoms with Gasteiger partial charge in [0, 0.05) is 32.7 Å². The number of para-hydroxylation sites is 1. The molecule has 11 heterocycles. The van der Waals surface area contributed by atoms with Gasteiger partial charge in [0.2, 0.25) is 44.4 Å². The van der Waals surface area contributed by atoms with E-state index in [-0.39, 0.29) is 114 Å². The molecule has 46 heteroatoms. The second-order valence-electron chi connectivity index (χ2n) is 28.9. The quantitative estimate of drug-likeness (QED) is 0.00613. The maximum Gasteiger partial charge on any atom is 1.00 e. The second kappa shape index (κ2) is 47.3. The first-order valence-corrected chi connectivity index (χ1v) is 40.7. The summed E-state index contributed by atoms with van der Waals surface area (Å²) in [6, 6.07) is 19.8. The zero-order valence-electron chi connectivity index (χ0n) is 67.0. The Hall–Kier alpha value is -7.74. The zero-order valence-corrected chi connectivity index (χ0v) is 72.6. The first-order chi connectivity index (χ1) is 53.8. The molecule has 10 aliphatic heterocycles. The number of nitrogens with two attached hydrogens (primary N) is 4. The minimum Gasteiger partial charge on any atom is -0.870 e. The Kier molecular flexibility index (Phi) is 41.1. The Labute approximate surface area is 724 Å². The van der Waals surface area contributed by atoms with Crippen LogP contribution in [0.1, 0.15) is 154 Å². The van der Waals surface area contributed by atoms with Crippen LogP contribution in [0.5, 0.6) is 0 Å². The van der Waals surface area contributed by atoms with E-state index in [9.17, 15) is 79.1 Å². The van der Waals surface area contributed by atoms with Crippen LogP contribution in [0.25, 0.3) is 11.0 Å². The summed E-state index contributed by atoms with van der Waals surface area (Å²) in [5.74, 6) is -2.27. The molecule has 0 unspecified atom stereocenters. The molecule has 117 heavy (non-hydrogen) atoms. The largest absolute Gasteiger partial charge is 1.00 e. The summed E-state index contributed by atoms with van der Waals surface area (Å²) in [6.45, 7) is 17.5. The van der Waals surface area contributed by atoms with Crippen molar-refractivity contribution in [2.45, 2.75) is 217 Å². The van der Waals surface area contributed by atoms with Crippen molar-refractivity contribution in [3.8, 4) is 0 Å². The van der Waals surface area contributed by atoms with Crippen LogP contribution < -0.4 is 88.2 Å². The fourth-order valence-corrected chi connectivity index (χ4v) is 15.9. The summed E-state index contributed by atoms with van der Waals surface area (Å²) in [4.78, 5) is 133. The average Bonchev–Trinajstić information content (AvgIpc) is 1.64. The van der Waals surface area contributed by atoms with Crippen molar-refractivity contribution >= 4 is 91.9 Å². The molecule has 10 aliphatic rings. The van der Waals surface area contributed by atoms with Crippen LogP contribution in [0.2, 0.25) is 0 Å². The van der Waals surface area contributed by atoms with Gasteiger partial charge in [0.15, 0.2) is 0 Å². The Balaban J connectivity index is 0.000000288. The number of primary amides is 4. The topological polar surface area (TPSA) is 595 Å². The number of unbranched alkanes of at least 4 members (excludes halogenated alkanes) is 4. The minimum atomic E-state index is -5.00. The zero-order chi connectivity index (χ0) is 82.5. The van der Waals surface area contributed by atoms with Gasteiger partial charge in [0.25, 0.3) is 0 Å². The van der Waals surface area contributed by atoms with Gasteiger partial charge < -0.3 is 82.7 Å². The monoisotopic (exact) mass is 1700 g/mol. The molecule has 14 amide bonds. The number of hydrogen-bond acceptors (Lipinski definition) is 26. The van der Waals surface area contributed by atoms with Gasteiger partial charge in [-0.05, 0) is 112 Å². The van der Waals surface area contributed by atoms with Crippen molar-refractivity contribution in [3.63, 3.8) is 0 Å². The standard InChI is InChI=1S/C16H36N.C14H17N3O3.C14H15N2O3.2C7H11N3O6S.C7H11N3O3.C6H5N3O.H3N.2Na.H2O/c1-5-9-13-17(14-10-6-2,15-11-7-3)16-12-8-4;15-13(18)12-7-6-11-8-16(12)14(19)17(11)20-9-10-4-2-1-3-5-10;17-9-13-7-6-12-8-15(13)14(18)16(12)19-10-11-4-2-1-3-5-11;2*8-6(11)5-2-1-4-3-9(5)7(12)10(4)16-17(13,14)15;8-6(11)5-2-1-4-3-9(5)7(12)10(4)13;10-9-6-4-2-1-3-5(6)7-8-9;;;;/h5-16H2,1-4H3;1-5,11-12H,6-9H2,(H2,15,18);1-5,12-13H,6-8,10H2;2*4-5H,1-3H2,(H2,8,11)(H,13,14,15);4-5,13H,1-3H2,(H2,8,11);1-4,10H;1H3;;;1H2/q+1;;-1;;;;;;2*+1;/p-3/t;11-,12+;12-,13+;3*4-,5+;;;;;/m.11111...../s1. The molecule has 10 atom stereocenters. The molecule has 14 N–H and O–H groups in total. The van der Waals surface area contributed by atoms with Crippen LogP contribution in [-0.4, -0.2) is 291 Å². The molecule has 0 spiro atoms. The van der Waals surface area contributed by atoms with Crippen molar-refractivity contribution in [3.05, 3.63) is 96.1 Å². The second-order valence-corrected chi connectivity index (χ2v) is 30.8. The number of carbonyl (C=O) groups excluding carboxylic acids is 10. The normalized spacial score (nSPS) is 23.1. The summed E-state index contributed by atoms with van der Waals surface area (Å²) in [5.41, 5.74) is 24.0. The Bertz CT molecular complexity index is 4040. The van der Waals surface area contributed by atoms with E-state index >= 15 is 0 Å². The molecule has 14 rings (SSSR count).